The number of rotatable bonds is 4. The second kappa shape index (κ2) is 7.29. The summed E-state index contributed by atoms with van der Waals surface area (Å²) >= 11 is 0. The second-order valence-electron chi connectivity index (χ2n) is 6.27. The van der Waals surface area contributed by atoms with Crippen molar-refractivity contribution in [2.24, 2.45) is 0 Å². The first-order valence-corrected chi connectivity index (χ1v) is 8.22. The van der Waals surface area contributed by atoms with E-state index in [2.05, 4.69) is 22.3 Å². The summed E-state index contributed by atoms with van der Waals surface area (Å²) in [4.78, 5) is 16.6. The van der Waals surface area contributed by atoms with Crippen LogP contribution in [0.25, 0.3) is 0 Å². The van der Waals surface area contributed by atoms with Crippen molar-refractivity contribution in [1.29, 1.82) is 0 Å². The van der Waals surface area contributed by atoms with Crippen molar-refractivity contribution >= 4 is 11.6 Å². The van der Waals surface area contributed by atoms with Gasteiger partial charge in [-0.15, -0.1) is 0 Å². The average Bonchev–Trinajstić information content (AvgIpc) is 3.02. The molecule has 0 radical (unpaired) electrons. The van der Waals surface area contributed by atoms with Crippen molar-refractivity contribution < 1.29 is 14.6 Å². The van der Waals surface area contributed by atoms with E-state index in [9.17, 15) is 9.90 Å². The first-order chi connectivity index (χ1) is 11.1. The van der Waals surface area contributed by atoms with Crippen LogP contribution in [0.5, 0.6) is 0 Å². The van der Waals surface area contributed by atoms with E-state index < -0.39 is 6.10 Å². The molecule has 0 unspecified atom stereocenters. The summed E-state index contributed by atoms with van der Waals surface area (Å²) in [6.07, 6.45) is 0.0758. The van der Waals surface area contributed by atoms with Crippen molar-refractivity contribution in [3.8, 4) is 0 Å². The van der Waals surface area contributed by atoms with Crippen LogP contribution in [0.4, 0.5) is 5.69 Å². The molecule has 0 saturated carbocycles. The topological polar surface area (TPSA) is 65.0 Å². The van der Waals surface area contributed by atoms with Crippen LogP contribution in [0, 0.1) is 0 Å². The number of ether oxygens (including phenoxy) is 1. The highest BCUT2D eigenvalue weighted by molar-refractivity contribution is 5.82. The standard InChI is InChI=1S/C17H25N3O3/c1-19(17(22)15-10-14(21)11-18-15)12-13-4-2-3-5-16(13)20-6-8-23-9-7-20/h2-5,14-15,18,21H,6-12H2,1H3/t14-,15-/m0/s1. The lowest BCUT2D eigenvalue weighted by molar-refractivity contribution is -0.132. The Morgan fingerprint density at radius 1 is 1.39 bits per heavy atom. The number of β-amino-alcohol motifs (C(OH)–C–C–N with tert-alkyl or cyclic N) is 1. The number of carbonyl (C=O) groups is 1. The molecule has 1 amide bonds. The fourth-order valence-electron chi connectivity index (χ4n) is 3.26. The summed E-state index contributed by atoms with van der Waals surface area (Å²) in [6.45, 7) is 4.31. The maximum Gasteiger partial charge on any atom is 0.239 e. The number of nitrogens with zero attached hydrogens (tertiary/aromatic N) is 2. The van der Waals surface area contributed by atoms with Crippen molar-refractivity contribution in [2.45, 2.75) is 25.1 Å². The highest BCUT2D eigenvalue weighted by atomic mass is 16.5. The molecule has 1 aromatic carbocycles. The first kappa shape index (κ1) is 16.2. The van der Waals surface area contributed by atoms with Gasteiger partial charge >= 0.3 is 0 Å². The molecular formula is C17H25N3O3. The van der Waals surface area contributed by atoms with Crippen LogP contribution in [-0.2, 0) is 16.1 Å². The zero-order chi connectivity index (χ0) is 16.2. The molecule has 3 rings (SSSR count). The van der Waals surface area contributed by atoms with Gasteiger partial charge in [-0.2, -0.15) is 0 Å². The monoisotopic (exact) mass is 319 g/mol. The maximum absolute atomic E-state index is 12.5. The van der Waals surface area contributed by atoms with Gasteiger partial charge in [0, 0.05) is 38.9 Å². The molecule has 1 aromatic rings. The number of carbonyl (C=O) groups excluding carboxylic acids is 1. The number of aliphatic hydroxyl groups excluding tert-OH is 1. The number of hydrogen-bond donors (Lipinski definition) is 2. The van der Waals surface area contributed by atoms with Crippen molar-refractivity contribution in [2.75, 3.05) is 44.8 Å². The van der Waals surface area contributed by atoms with Crippen LogP contribution < -0.4 is 10.2 Å². The molecule has 23 heavy (non-hydrogen) atoms. The van der Waals surface area contributed by atoms with E-state index >= 15 is 0 Å². The number of benzene rings is 1. The fraction of sp³-hybridized carbons (Fsp3) is 0.588. The summed E-state index contributed by atoms with van der Waals surface area (Å²) in [6, 6.07) is 7.95. The molecule has 6 nitrogen and oxygen atoms in total. The Balaban J connectivity index is 1.68. The van der Waals surface area contributed by atoms with Crippen LogP contribution in [0.2, 0.25) is 0 Å². The van der Waals surface area contributed by atoms with E-state index in [1.165, 1.54) is 5.69 Å². The quantitative estimate of drug-likeness (QED) is 0.830. The lowest BCUT2D eigenvalue weighted by atomic mass is 10.1. The second-order valence-corrected chi connectivity index (χ2v) is 6.27. The van der Waals surface area contributed by atoms with Crippen molar-refractivity contribution in [3.05, 3.63) is 29.8 Å². The number of para-hydroxylation sites is 1. The number of amides is 1. The summed E-state index contributed by atoms with van der Waals surface area (Å²) < 4.78 is 5.42. The minimum absolute atomic E-state index is 0.0401. The SMILES string of the molecule is CN(Cc1ccccc1N1CCOCC1)C(=O)[C@@H]1C[C@H](O)CN1. The van der Waals surface area contributed by atoms with E-state index in [0.717, 1.165) is 31.9 Å². The lowest BCUT2D eigenvalue weighted by Gasteiger charge is -2.31. The average molecular weight is 319 g/mol. The number of morpholine rings is 1. The fourth-order valence-corrected chi connectivity index (χ4v) is 3.26. The highest BCUT2D eigenvalue weighted by Gasteiger charge is 2.30. The molecule has 2 atom stereocenters. The van der Waals surface area contributed by atoms with E-state index in [4.69, 9.17) is 4.74 Å². The molecule has 2 aliphatic rings. The maximum atomic E-state index is 12.5. The highest BCUT2D eigenvalue weighted by Crippen LogP contribution is 2.23. The lowest BCUT2D eigenvalue weighted by Crippen LogP contribution is -2.42. The van der Waals surface area contributed by atoms with E-state index in [-0.39, 0.29) is 11.9 Å². The van der Waals surface area contributed by atoms with Crippen LogP contribution in [0.15, 0.2) is 24.3 Å². The first-order valence-electron chi connectivity index (χ1n) is 8.22. The molecule has 0 bridgehead atoms. The van der Waals surface area contributed by atoms with Gasteiger partial charge < -0.3 is 25.0 Å². The van der Waals surface area contributed by atoms with Gasteiger partial charge in [-0.05, 0) is 18.1 Å². The number of anilines is 1. The molecule has 2 fully saturated rings. The Labute approximate surface area is 137 Å². The smallest absolute Gasteiger partial charge is 0.239 e. The van der Waals surface area contributed by atoms with Gasteiger partial charge in [0.05, 0.1) is 25.4 Å². The van der Waals surface area contributed by atoms with Gasteiger partial charge in [0.15, 0.2) is 0 Å². The van der Waals surface area contributed by atoms with E-state index in [1.807, 2.05) is 19.2 Å². The van der Waals surface area contributed by atoms with Crippen LogP contribution in [0.3, 0.4) is 0 Å². The largest absolute Gasteiger partial charge is 0.392 e. The number of nitrogens with one attached hydrogen (secondary N) is 1. The zero-order valence-corrected chi connectivity index (χ0v) is 13.6. The molecule has 2 N–H and O–H groups in total. The third kappa shape index (κ3) is 3.83. The molecular weight excluding hydrogens is 294 g/mol. The van der Waals surface area contributed by atoms with Gasteiger partial charge in [-0.25, -0.2) is 0 Å². The summed E-state index contributed by atoms with van der Waals surface area (Å²) in [5, 5.41) is 12.7. The van der Waals surface area contributed by atoms with Crippen LogP contribution in [0.1, 0.15) is 12.0 Å². The van der Waals surface area contributed by atoms with Crippen molar-refractivity contribution in [3.63, 3.8) is 0 Å². The molecule has 2 aliphatic heterocycles. The molecule has 126 valence electrons. The Hall–Kier alpha value is -1.63. The third-order valence-electron chi connectivity index (χ3n) is 4.53. The molecule has 0 aromatic heterocycles. The Morgan fingerprint density at radius 2 is 2.13 bits per heavy atom. The Morgan fingerprint density at radius 3 is 2.83 bits per heavy atom. The molecule has 0 spiro atoms. The summed E-state index contributed by atoms with van der Waals surface area (Å²) in [5.74, 6) is 0.0401. The van der Waals surface area contributed by atoms with Gasteiger partial charge in [-0.1, -0.05) is 18.2 Å². The summed E-state index contributed by atoms with van der Waals surface area (Å²) in [7, 11) is 1.82. The van der Waals surface area contributed by atoms with Crippen molar-refractivity contribution in [1.82, 2.24) is 10.2 Å². The van der Waals surface area contributed by atoms with Gasteiger partial charge in [0.1, 0.15) is 0 Å². The number of hydrogen-bond acceptors (Lipinski definition) is 5. The van der Waals surface area contributed by atoms with Gasteiger partial charge in [-0.3, -0.25) is 4.79 Å². The van der Waals surface area contributed by atoms with Crippen LogP contribution in [-0.4, -0.2) is 68.0 Å². The number of aliphatic hydroxyl groups is 1. The molecule has 6 heteroatoms. The minimum Gasteiger partial charge on any atom is -0.392 e. The van der Waals surface area contributed by atoms with E-state index in [1.54, 1.807) is 4.90 Å². The van der Waals surface area contributed by atoms with Crippen LogP contribution >= 0.6 is 0 Å². The van der Waals surface area contributed by atoms with E-state index in [0.29, 0.717) is 19.5 Å². The Bertz CT molecular complexity index is 546. The van der Waals surface area contributed by atoms with Gasteiger partial charge in [0.2, 0.25) is 5.91 Å². The zero-order valence-electron chi connectivity index (χ0n) is 13.6. The molecule has 2 saturated heterocycles. The predicted molar refractivity (Wildman–Crippen MR) is 88.4 cm³/mol. The Kier molecular flexibility index (Phi) is 5.15. The van der Waals surface area contributed by atoms with Gasteiger partial charge in [0.25, 0.3) is 0 Å². The predicted octanol–water partition coefficient (Wildman–Crippen LogP) is 0.204. The molecule has 2 heterocycles. The summed E-state index contributed by atoms with van der Waals surface area (Å²) in [5.41, 5.74) is 2.32. The number of likely N-dealkylation sites (N-methyl/N-ethyl adjacent to an activating group) is 1. The minimum atomic E-state index is -0.419. The molecule has 0 aliphatic carbocycles. The normalized spacial score (nSPS) is 24.7. The third-order valence-corrected chi connectivity index (χ3v) is 4.53.